The highest BCUT2D eigenvalue weighted by Crippen LogP contribution is 2.35. The van der Waals surface area contributed by atoms with Crippen LogP contribution in [0.25, 0.3) is 11.4 Å². The average molecular weight is 502 g/mol. The van der Waals surface area contributed by atoms with Gasteiger partial charge in [0.1, 0.15) is 0 Å². The normalized spacial score (nSPS) is 14.9. The molecule has 1 aliphatic carbocycles. The van der Waals surface area contributed by atoms with E-state index >= 15 is 0 Å². The van der Waals surface area contributed by atoms with Crippen LogP contribution in [-0.4, -0.2) is 32.1 Å². The highest BCUT2D eigenvalue weighted by Gasteiger charge is 2.24. The van der Waals surface area contributed by atoms with Gasteiger partial charge in [-0.05, 0) is 61.7 Å². The fourth-order valence-corrected chi connectivity index (χ4v) is 4.95. The van der Waals surface area contributed by atoms with E-state index in [9.17, 15) is 4.79 Å². The summed E-state index contributed by atoms with van der Waals surface area (Å²) in [5.41, 5.74) is 5.21. The molecular formula is C24H25Cl2N5OS. The first-order valence-electron chi connectivity index (χ1n) is 10.9. The van der Waals surface area contributed by atoms with E-state index in [2.05, 4.69) is 25.3 Å². The van der Waals surface area contributed by atoms with Crippen LogP contribution in [0.2, 0.25) is 10.0 Å². The number of aromatic nitrogens is 3. The third-order valence-corrected chi connectivity index (χ3v) is 7.10. The number of hydrogen-bond acceptors (Lipinski definition) is 5. The number of halogens is 2. The number of nitrogens with zero attached hydrogens (tertiary/aromatic N) is 4. The molecule has 0 aliphatic heterocycles. The van der Waals surface area contributed by atoms with Gasteiger partial charge in [-0.3, -0.25) is 9.36 Å². The maximum atomic E-state index is 12.5. The first-order valence-corrected chi connectivity index (χ1v) is 12.7. The number of rotatable bonds is 7. The zero-order valence-corrected chi connectivity index (χ0v) is 20.6. The Kier molecular flexibility index (Phi) is 8.06. The van der Waals surface area contributed by atoms with E-state index < -0.39 is 0 Å². The molecule has 1 fully saturated rings. The largest absolute Gasteiger partial charge is 0.299 e. The number of amides is 1. The monoisotopic (exact) mass is 501 g/mol. The Morgan fingerprint density at radius 1 is 1.03 bits per heavy atom. The van der Waals surface area contributed by atoms with Gasteiger partial charge in [0.25, 0.3) is 5.91 Å². The van der Waals surface area contributed by atoms with Gasteiger partial charge >= 0.3 is 0 Å². The summed E-state index contributed by atoms with van der Waals surface area (Å²) in [4.78, 5) is 12.5. The molecule has 1 N–H and O–H groups in total. The SMILES string of the molecule is C/C(=N/NC(=O)CSc1nnc(-c2ccc(Cl)cc2)n1C1CCCCC1)c1ccc(Cl)cc1. The van der Waals surface area contributed by atoms with Crippen molar-refractivity contribution in [3.63, 3.8) is 0 Å². The summed E-state index contributed by atoms with van der Waals surface area (Å²) in [6.07, 6.45) is 5.80. The van der Waals surface area contributed by atoms with Crippen LogP contribution in [0.1, 0.15) is 50.6 Å². The summed E-state index contributed by atoms with van der Waals surface area (Å²) in [5.74, 6) is 0.820. The zero-order chi connectivity index (χ0) is 23.2. The highest BCUT2D eigenvalue weighted by molar-refractivity contribution is 7.99. The number of benzene rings is 2. The minimum Gasteiger partial charge on any atom is -0.299 e. The van der Waals surface area contributed by atoms with Crippen LogP contribution in [-0.2, 0) is 4.79 Å². The minimum atomic E-state index is -0.195. The fraction of sp³-hybridized carbons (Fsp3) is 0.333. The lowest BCUT2D eigenvalue weighted by atomic mass is 9.95. The van der Waals surface area contributed by atoms with Gasteiger partial charge in [0.05, 0.1) is 11.5 Å². The second-order valence-corrected chi connectivity index (χ2v) is 9.82. The molecule has 0 saturated heterocycles. The van der Waals surface area contributed by atoms with Gasteiger partial charge in [0.15, 0.2) is 11.0 Å². The lowest BCUT2D eigenvalue weighted by molar-refractivity contribution is -0.118. The predicted molar refractivity (Wildman–Crippen MR) is 135 cm³/mol. The summed E-state index contributed by atoms with van der Waals surface area (Å²) in [6.45, 7) is 1.84. The van der Waals surface area contributed by atoms with E-state index in [1.807, 2.05) is 43.3 Å². The lowest BCUT2D eigenvalue weighted by Gasteiger charge is -2.25. The van der Waals surface area contributed by atoms with E-state index in [0.717, 1.165) is 34.9 Å². The predicted octanol–water partition coefficient (Wildman–Crippen LogP) is 6.39. The van der Waals surface area contributed by atoms with Crippen molar-refractivity contribution in [2.45, 2.75) is 50.2 Å². The molecule has 9 heteroatoms. The maximum absolute atomic E-state index is 12.5. The minimum absolute atomic E-state index is 0.195. The number of carbonyl (C=O) groups is 1. The Bertz CT molecular complexity index is 1120. The number of hydrazone groups is 1. The second-order valence-electron chi connectivity index (χ2n) is 8.00. The van der Waals surface area contributed by atoms with Crippen molar-refractivity contribution in [2.75, 3.05) is 5.75 Å². The van der Waals surface area contributed by atoms with E-state index in [0.29, 0.717) is 21.8 Å². The molecule has 0 radical (unpaired) electrons. The maximum Gasteiger partial charge on any atom is 0.250 e. The number of hydrogen-bond donors (Lipinski definition) is 1. The standard InChI is InChI=1S/C24H25Cl2N5OS/c1-16(17-7-11-19(25)12-8-17)27-28-22(32)15-33-24-30-29-23(18-9-13-20(26)14-10-18)31(24)21-5-3-2-4-6-21/h7-14,21H,2-6,15H2,1H3,(H,28,32)/b27-16-. The summed E-state index contributed by atoms with van der Waals surface area (Å²) in [5, 5.41) is 15.2. The van der Waals surface area contributed by atoms with Crippen molar-refractivity contribution in [3.8, 4) is 11.4 Å². The molecule has 1 amide bonds. The van der Waals surface area contributed by atoms with E-state index in [1.165, 1.54) is 31.0 Å². The van der Waals surface area contributed by atoms with Crippen molar-refractivity contribution >= 4 is 46.6 Å². The van der Waals surface area contributed by atoms with Gasteiger partial charge in [-0.2, -0.15) is 5.10 Å². The Balaban J connectivity index is 1.47. The summed E-state index contributed by atoms with van der Waals surface area (Å²) in [7, 11) is 0. The van der Waals surface area contributed by atoms with Gasteiger partial charge in [-0.15, -0.1) is 10.2 Å². The van der Waals surface area contributed by atoms with Crippen molar-refractivity contribution < 1.29 is 4.79 Å². The molecule has 172 valence electrons. The molecule has 33 heavy (non-hydrogen) atoms. The van der Waals surface area contributed by atoms with E-state index in [4.69, 9.17) is 23.2 Å². The van der Waals surface area contributed by atoms with Crippen LogP contribution in [0, 0.1) is 0 Å². The van der Waals surface area contributed by atoms with Crippen molar-refractivity contribution in [3.05, 3.63) is 64.1 Å². The third kappa shape index (κ3) is 6.16. The Morgan fingerprint density at radius 2 is 1.67 bits per heavy atom. The smallest absolute Gasteiger partial charge is 0.250 e. The molecular weight excluding hydrogens is 477 g/mol. The summed E-state index contributed by atoms with van der Waals surface area (Å²) >= 11 is 13.4. The zero-order valence-electron chi connectivity index (χ0n) is 18.3. The number of nitrogens with one attached hydrogen (secondary N) is 1. The topological polar surface area (TPSA) is 72.2 Å². The summed E-state index contributed by atoms with van der Waals surface area (Å²) in [6, 6.07) is 15.3. The van der Waals surface area contributed by atoms with Crippen molar-refractivity contribution in [2.24, 2.45) is 5.10 Å². The fourth-order valence-electron chi connectivity index (χ4n) is 3.90. The Morgan fingerprint density at radius 3 is 2.33 bits per heavy atom. The molecule has 6 nitrogen and oxygen atoms in total. The van der Waals surface area contributed by atoms with Crippen molar-refractivity contribution in [1.82, 2.24) is 20.2 Å². The molecule has 4 rings (SSSR count). The molecule has 1 heterocycles. The second kappa shape index (κ2) is 11.2. The van der Waals surface area contributed by atoms with Crippen LogP contribution in [0.3, 0.4) is 0 Å². The van der Waals surface area contributed by atoms with Crippen LogP contribution in [0.4, 0.5) is 0 Å². The first kappa shape index (κ1) is 23.8. The molecule has 0 spiro atoms. The number of thioether (sulfide) groups is 1. The third-order valence-electron chi connectivity index (χ3n) is 5.65. The molecule has 2 aromatic carbocycles. The molecule has 1 aliphatic rings. The summed E-state index contributed by atoms with van der Waals surface area (Å²) < 4.78 is 2.20. The highest BCUT2D eigenvalue weighted by atomic mass is 35.5. The van der Waals surface area contributed by atoms with Gasteiger partial charge in [0.2, 0.25) is 0 Å². The average Bonchev–Trinajstić information content (AvgIpc) is 3.26. The Hall–Kier alpha value is -2.35. The van der Waals surface area contributed by atoms with Crippen LogP contribution in [0.5, 0.6) is 0 Å². The Labute approximate surface area is 207 Å². The molecule has 3 aromatic rings. The van der Waals surface area contributed by atoms with Crippen LogP contribution < -0.4 is 5.43 Å². The molecule has 0 bridgehead atoms. The molecule has 1 aromatic heterocycles. The van der Waals surface area contributed by atoms with Crippen molar-refractivity contribution in [1.29, 1.82) is 0 Å². The van der Waals surface area contributed by atoms with Crippen LogP contribution in [0.15, 0.2) is 58.8 Å². The van der Waals surface area contributed by atoms with Gasteiger partial charge < -0.3 is 0 Å². The van der Waals surface area contributed by atoms with E-state index in [1.54, 1.807) is 12.1 Å². The molecule has 0 unspecified atom stereocenters. The van der Waals surface area contributed by atoms with Crippen LogP contribution >= 0.6 is 35.0 Å². The quantitative estimate of drug-likeness (QED) is 0.231. The molecule has 1 saturated carbocycles. The van der Waals surface area contributed by atoms with Gasteiger partial charge in [-0.25, -0.2) is 5.43 Å². The van der Waals surface area contributed by atoms with E-state index in [-0.39, 0.29) is 11.7 Å². The van der Waals surface area contributed by atoms with Gasteiger partial charge in [-0.1, -0.05) is 66.4 Å². The lowest BCUT2D eigenvalue weighted by Crippen LogP contribution is -2.22. The van der Waals surface area contributed by atoms with Gasteiger partial charge in [0, 0.05) is 21.7 Å². The number of carbonyl (C=O) groups excluding carboxylic acids is 1. The molecule has 0 atom stereocenters. The first-order chi connectivity index (χ1) is 16.0.